The number of nitrogens with one attached hydrogen (secondary N) is 2. The lowest BCUT2D eigenvalue weighted by Crippen LogP contribution is -2.31. The van der Waals surface area contributed by atoms with Gasteiger partial charge in [0, 0.05) is 17.6 Å². The number of aryl methyl sites for hydroxylation is 1. The molecule has 116 valence electrons. The molecule has 3 N–H and O–H groups in total. The Hall–Kier alpha value is -2.59. The second kappa shape index (κ2) is 5.56. The molecule has 1 amide bonds. The van der Waals surface area contributed by atoms with E-state index in [0.717, 1.165) is 23.9 Å². The third kappa shape index (κ3) is 2.51. The SMILES string of the molecule is O=C(NO)C1CCc2ccc(-c3ccc4[nH]ccc4c3)cc2C1. The van der Waals surface area contributed by atoms with Gasteiger partial charge in [0.25, 0.3) is 0 Å². The fraction of sp³-hybridized carbons (Fsp3) is 0.211. The maximum Gasteiger partial charge on any atom is 0.246 e. The third-order valence-electron chi connectivity index (χ3n) is 4.80. The van der Waals surface area contributed by atoms with Crippen LogP contribution < -0.4 is 5.48 Å². The Morgan fingerprint density at radius 2 is 1.91 bits per heavy atom. The quantitative estimate of drug-likeness (QED) is 0.501. The molecule has 1 unspecified atom stereocenters. The van der Waals surface area contributed by atoms with Crippen molar-refractivity contribution in [2.24, 2.45) is 5.92 Å². The van der Waals surface area contributed by atoms with E-state index in [1.54, 1.807) is 5.48 Å². The Morgan fingerprint density at radius 3 is 2.78 bits per heavy atom. The molecule has 0 aliphatic heterocycles. The highest BCUT2D eigenvalue weighted by Gasteiger charge is 2.24. The van der Waals surface area contributed by atoms with Crippen LogP contribution in [0.15, 0.2) is 48.7 Å². The summed E-state index contributed by atoms with van der Waals surface area (Å²) < 4.78 is 0. The maximum absolute atomic E-state index is 11.7. The number of benzene rings is 2. The molecule has 4 rings (SSSR count). The average Bonchev–Trinajstić information content (AvgIpc) is 3.07. The van der Waals surface area contributed by atoms with Gasteiger partial charge < -0.3 is 4.98 Å². The molecule has 1 aromatic heterocycles. The van der Waals surface area contributed by atoms with Gasteiger partial charge in [0.2, 0.25) is 5.91 Å². The Bertz CT molecular complexity index is 882. The van der Waals surface area contributed by atoms with Crippen LogP contribution in [0.1, 0.15) is 17.5 Å². The highest BCUT2D eigenvalue weighted by molar-refractivity contribution is 5.85. The lowest BCUT2D eigenvalue weighted by Gasteiger charge is -2.23. The van der Waals surface area contributed by atoms with Crippen molar-refractivity contribution in [1.29, 1.82) is 0 Å². The van der Waals surface area contributed by atoms with Gasteiger partial charge in [-0.05, 0) is 65.1 Å². The number of rotatable bonds is 2. The zero-order valence-corrected chi connectivity index (χ0v) is 12.7. The predicted octanol–water partition coefficient (Wildman–Crippen LogP) is 3.45. The van der Waals surface area contributed by atoms with Crippen molar-refractivity contribution in [1.82, 2.24) is 10.5 Å². The molecule has 1 aliphatic rings. The Balaban J connectivity index is 1.70. The fourth-order valence-electron chi connectivity index (χ4n) is 3.48. The summed E-state index contributed by atoms with van der Waals surface area (Å²) in [6.45, 7) is 0. The van der Waals surface area contributed by atoms with E-state index in [1.165, 1.54) is 22.1 Å². The number of amides is 1. The summed E-state index contributed by atoms with van der Waals surface area (Å²) in [7, 11) is 0. The van der Waals surface area contributed by atoms with Crippen LogP contribution in [0.4, 0.5) is 0 Å². The first-order valence-electron chi connectivity index (χ1n) is 7.88. The number of aromatic amines is 1. The van der Waals surface area contributed by atoms with E-state index in [2.05, 4.69) is 47.4 Å². The molecule has 0 saturated heterocycles. The number of fused-ring (bicyclic) bond motifs is 2. The van der Waals surface area contributed by atoms with Gasteiger partial charge in [-0.1, -0.05) is 24.3 Å². The van der Waals surface area contributed by atoms with E-state index in [9.17, 15) is 4.79 Å². The minimum Gasteiger partial charge on any atom is -0.361 e. The van der Waals surface area contributed by atoms with Gasteiger partial charge in [-0.2, -0.15) is 0 Å². The van der Waals surface area contributed by atoms with Crippen LogP contribution >= 0.6 is 0 Å². The van der Waals surface area contributed by atoms with E-state index in [-0.39, 0.29) is 11.8 Å². The van der Waals surface area contributed by atoms with Crippen molar-refractivity contribution in [2.75, 3.05) is 0 Å². The molecule has 4 heteroatoms. The first-order valence-corrected chi connectivity index (χ1v) is 7.88. The first kappa shape index (κ1) is 14.0. The molecular formula is C19H18N2O2. The zero-order valence-electron chi connectivity index (χ0n) is 12.7. The van der Waals surface area contributed by atoms with Gasteiger partial charge >= 0.3 is 0 Å². The van der Waals surface area contributed by atoms with Crippen LogP contribution in [-0.2, 0) is 17.6 Å². The van der Waals surface area contributed by atoms with Crippen molar-refractivity contribution in [3.8, 4) is 11.1 Å². The van der Waals surface area contributed by atoms with Crippen LogP contribution in [0.25, 0.3) is 22.0 Å². The fourth-order valence-corrected chi connectivity index (χ4v) is 3.48. The molecule has 0 bridgehead atoms. The van der Waals surface area contributed by atoms with E-state index >= 15 is 0 Å². The molecule has 0 saturated carbocycles. The largest absolute Gasteiger partial charge is 0.361 e. The van der Waals surface area contributed by atoms with Gasteiger partial charge in [-0.15, -0.1) is 0 Å². The summed E-state index contributed by atoms with van der Waals surface area (Å²) >= 11 is 0. The van der Waals surface area contributed by atoms with Gasteiger partial charge in [0.15, 0.2) is 0 Å². The van der Waals surface area contributed by atoms with E-state index in [1.807, 2.05) is 6.20 Å². The molecule has 4 nitrogen and oxygen atoms in total. The number of carbonyl (C=O) groups is 1. The summed E-state index contributed by atoms with van der Waals surface area (Å²) in [4.78, 5) is 14.9. The number of carbonyl (C=O) groups excluding carboxylic acids is 1. The smallest absolute Gasteiger partial charge is 0.246 e. The van der Waals surface area contributed by atoms with Crippen molar-refractivity contribution >= 4 is 16.8 Å². The molecule has 3 aromatic rings. The number of hydroxylamine groups is 1. The Labute approximate surface area is 134 Å². The molecule has 23 heavy (non-hydrogen) atoms. The summed E-state index contributed by atoms with van der Waals surface area (Å²) in [5.74, 6) is -0.426. The van der Waals surface area contributed by atoms with Crippen LogP contribution in [0, 0.1) is 5.92 Å². The predicted molar refractivity (Wildman–Crippen MR) is 89.2 cm³/mol. The monoisotopic (exact) mass is 306 g/mol. The van der Waals surface area contributed by atoms with E-state index in [4.69, 9.17) is 5.21 Å². The van der Waals surface area contributed by atoms with Crippen LogP contribution in [-0.4, -0.2) is 16.1 Å². The second-order valence-electron chi connectivity index (χ2n) is 6.18. The molecule has 1 heterocycles. The standard InChI is InChI=1S/C19H18N2O2/c22-19(21-23)16-4-2-12-1-3-13(10-17(12)11-16)14-5-6-18-15(9-14)7-8-20-18/h1,3,5-10,16,20,23H,2,4,11H2,(H,21,22). The molecule has 0 radical (unpaired) electrons. The maximum atomic E-state index is 11.7. The van der Waals surface area contributed by atoms with Crippen molar-refractivity contribution in [3.63, 3.8) is 0 Å². The highest BCUT2D eigenvalue weighted by atomic mass is 16.5. The number of H-pyrrole nitrogens is 1. The highest BCUT2D eigenvalue weighted by Crippen LogP contribution is 2.31. The van der Waals surface area contributed by atoms with Crippen molar-refractivity contribution < 1.29 is 10.0 Å². The lowest BCUT2D eigenvalue weighted by atomic mass is 9.82. The van der Waals surface area contributed by atoms with Gasteiger partial charge in [-0.3, -0.25) is 10.0 Å². The van der Waals surface area contributed by atoms with Crippen molar-refractivity contribution in [2.45, 2.75) is 19.3 Å². The van der Waals surface area contributed by atoms with Crippen LogP contribution in [0.2, 0.25) is 0 Å². The third-order valence-corrected chi connectivity index (χ3v) is 4.80. The van der Waals surface area contributed by atoms with E-state index in [0.29, 0.717) is 6.42 Å². The second-order valence-corrected chi connectivity index (χ2v) is 6.18. The average molecular weight is 306 g/mol. The molecular weight excluding hydrogens is 288 g/mol. The van der Waals surface area contributed by atoms with Crippen molar-refractivity contribution in [3.05, 3.63) is 59.8 Å². The molecule has 0 spiro atoms. The first-order chi connectivity index (χ1) is 11.2. The molecule has 0 fully saturated rings. The number of aromatic nitrogens is 1. The number of hydrogen-bond donors (Lipinski definition) is 3. The minimum atomic E-state index is -0.283. The number of hydrogen-bond acceptors (Lipinski definition) is 2. The normalized spacial score (nSPS) is 17.0. The van der Waals surface area contributed by atoms with E-state index < -0.39 is 0 Å². The van der Waals surface area contributed by atoms with Gasteiger partial charge in [-0.25, -0.2) is 5.48 Å². The molecule has 2 aromatic carbocycles. The minimum absolute atomic E-state index is 0.144. The summed E-state index contributed by atoms with van der Waals surface area (Å²) in [5.41, 5.74) is 7.77. The zero-order chi connectivity index (χ0) is 15.8. The summed E-state index contributed by atoms with van der Waals surface area (Å²) in [5, 5.41) is 10.0. The summed E-state index contributed by atoms with van der Waals surface area (Å²) in [6.07, 6.45) is 4.29. The topological polar surface area (TPSA) is 65.1 Å². The van der Waals surface area contributed by atoms with Gasteiger partial charge in [0.05, 0.1) is 0 Å². The van der Waals surface area contributed by atoms with Gasteiger partial charge in [0.1, 0.15) is 0 Å². The van der Waals surface area contributed by atoms with Crippen LogP contribution in [0.5, 0.6) is 0 Å². The Kier molecular flexibility index (Phi) is 3.39. The molecule has 1 aliphatic carbocycles. The van der Waals surface area contributed by atoms with Crippen LogP contribution in [0.3, 0.4) is 0 Å². The molecule has 1 atom stereocenters. The lowest BCUT2D eigenvalue weighted by molar-refractivity contribution is -0.133. The Morgan fingerprint density at radius 1 is 1.09 bits per heavy atom. The summed E-state index contributed by atoms with van der Waals surface area (Å²) in [6, 6.07) is 14.9.